The number of hydrogen-bond donors (Lipinski definition) is 2. The van der Waals surface area contributed by atoms with Crippen LogP contribution in [-0.4, -0.2) is 80.4 Å². The Morgan fingerprint density at radius 3 is 2.55 bits per heavy atom. The molecule has 0 bridgehead atoms. The van der Waals surface area contributed by atoms with Crippen molar-refractivity contribution in [2.75, 3.05) is 45.9 Å². The van der Waals surface area contributed by atoms with Crippen LogP contribution in [0.1, 0.15) is 12.7 Å². The lowest BCUT2D eigenvalue weighted by atomic mass is 10.2. The number of imidazole rings is 1. The van der Waals surface area contributed by atoms with Gasteiger partial charge in [0.05, 0.1) is 6.54 Å². The monoisotopic (exact) mass is 397 g/mol. The molecule has 0 atom stereocenters. The Hall–Kier alpha value is -2.91. The molecule has 2 aromatic heterocycles. The van der Waals surface area contributed by atoms with Crippen LogP contribution < -0.4 is 10.4 Å². The van der Waals surface area contributed by atoms with Crippen molar-refractivity contribution in [3.63, 3.8) is 0 Å². The fraction of sp³-hybridized carbons (Fsp3) is 0.450. The number of ether oxygens (including phenoxy) is 1. The van der Waals surface area contributed by atoms with Crippen LogP contribution in [0.3, 0.4) is 0 Å². The summed E-state index contributed by atoms with van der Waals surface area (Å²) >= 11 is 0. The topological polar surface area (TPSA) is 95.1 Å². The third kappa shape index (κ3) is 4.93. The molecule has 0 aliphatic carbocycles. The van der Waals surface area contributed by atoms with Gasteiger partial charge in [-0.3, -0.25) is 9.88 Å². The smallest absolute Gasteiger partial charge is 0.340 e. The van der Waals surface area contributed by atoms with Crippen LogP contribution in [0.4, 0.5) is 0 Å². The second-order valence-corrected chi connectivity index (χ2v) is 7.15. The van der Waals surface area contributed by atoms with Gasteiger partial charge in [-0.15, -0.1) is 0 Å². The fourth-order valence-electron chi connectivity index (χ4n) is 3.56. The molecule has 2 N–H and O–H groups in total. The molecular formula is C20H27N7O2. The van der Waals surface area contributed by atoms with Crippen LogP contribution in [0.25, 0.3) is 11.4 Å². The van der Waals surface area contributed by atoms with E-state index in [1.807, 2.05) is 35.0 Å². The van der Waals surface area contributed by atoms with Crippen LogP contribution in [0, 0.1) is 0 Å². The van der Waals surface area contributed by atoms with E-state index >= 15 is 0 Å². The molecule has 1 aromatic carbocycles. The highest BCUT2D eigenvalue weighted by atomic mass is 16.5. The number of benzene rings is 1. The lowest BCUT2D eigenvalue weighted by Crippen LogP contribution is -2.47. The summed E-state index contributed by atoms with van der Waals surface area (Å²) in [5, 5.41) is 6.33. The van der Waals surface area contributed by atoms with Gasteiger partial charge in [-0.25, -0.2) is 14.9 Å². The molecule has 0 unspecified atom stereocenters. The molecular weight excluding hydrogens is 370 g/mol. The Morgan fingerprint density at radius 2 is 1.86 bits per heavy atom. The Labute approximate surface area is 169 Å². The summed E-state index contributed by atoms with van der Waals surface area (Å²) in [6.07, 6.45) is 3.60. The third-order valence-corrected chi connectivity index (χ3v) is 5.29. The summed E-state index contributed by atoms with van der Waals surface area (Å²) in [5.41, 5.74) is 0.673. The second kappa shape index (κ2) is 9.06. The quantitative estimate of drug-likeness (QED) is 0.589. The zero-order valence-corrected chi connectivity index (χ0v) is 16.7. The lowest BCUT2D eigenvalue weighted by molar-refractivity contribution is 0.121. The minimum atomic E-state index is -0.310. The molecule has 0 spiro atoms. The minimum absolute atomic E-state index is 0.310. The van der Waals surface area contributed by atoms with E-state index in [1.165, 1.54) is 0 Å². The van der Waals surface area contributed by atoms with Gasteiger partial charge in [0.1, 0.15) is 18.2 Å². The number of aromatic nitrogens is 5. The standard InChI is InChI=1S/C20H27N7O2/c1-2-25-9-11-26(12-10-25)13-14-29-17-5-3-16(4-6-17)19-21-7-8-27(19)15-18-22-20(28)24-23-18/h3-8H,2,9-15H2,1H3,(H2,22,23,24,28). The van der Waals surface area contributed by atoms with E-state index < -0.39 is 0 Å². The first kappa shape index (κ1) is 19.4. The van der Waals surface area contributed by atoms with Gasteiger partial charge in [-0.05, 0) is 30.8 Å². The molecule has 9 heteroatoms. The summed E-state index contributed by atoms with van der Waals surface area (Å²) in [5.74, 6) is 2.24. The summed E-state index contributed by atoms with van der Waals surface area (Å²) < 4.78 is 7.87. The third-order valence-electron chi connectivity index (χ3n) is 5.29. The molecule has 1 saturated heterocycles. The van der Waals surface area contributed by atoms with Gasteiger partial charge in [0.15, 0.2) is 5.82 Å². The first-order valence-corrected chi connectivity index (χ1v) is 10.0. The molecule has 0 saturated carbocycles. The average molecular weight is 397 g/mol. The summed E-state index contributed by atoms with van der Waals surface area (Å²) in [6.45, 7) is 9.94. The van der Waals surface area contributed by atoms with Gasteiger partial charge in [-0.2, -0.15) is 5.10 Å². The fourth-order valence-corrected chi connectivity index (χ4v) is 3.56. The number of aromatic amines is 2. The molecule has 3 aromatic rings. The lowest BCUT2D eigenvalue weighted by Gasteiger charge is -2.33. The molecule has 154 valence electrons. The number of nitrogens with one attached hydrogen (secondary N) is 2. The SMILES string of the molecule is CCN1CCN(CCOc2ccc(-c3nccn3Cc3n[nH]c(=O)[nH]3)cc2)CC1. The predicted octanol–water partition coefficient (Wildman–Crippen LogP) is 1.03. The van der Waals surface area contributed by atoms with Crippen LogP contribution >= 0.6 is 0 Å². The summed E-state index contributed by atoms with van der Waals surface area (Å²) in [7, 11) is 0. The van der Waals surface area contributed by atoms with Gasteiger partial charge in [0.2, 0.25) is 0 Å². The highest BCUT2D eigenvalue weighted by Gasteiger charge is 2.15. The molecule has 4 rings (SSSR count). The van der Waals surface area contributed by atoms with Gasteiger partial charge in [0.25, 0.3) is 0 Å². The van der Waals surface area contributed by atoms with E-state index in [2.05, 4.69) is 36.9 Å². The maximum absolute atomic E-state index is 11.2. The van der Waals surface area contributed by atoms with E-state index in [9.17, 15) is 4.79 Å². The van der Waals surface area contributed by atoms with Crippen LogP contribution in [0.15, 0.2) is 41.5 Å². The Morgan fingerprint density at radius 1 is 1.10 bits per heavy atom. The van der Waals surface area contributed by atoms with Gasteiger partial charge in [-0.1, -0.05) is 6.92 Å². The zero-order chi connectivity index (χ0) is 20.1. The summed E-state index contributed by atoms with van der Waals surface area (Å²) in [6, 6.07) is 7.95. The van der Waals surface area contributed by atoms with Crippen LogP contribution in [0.5, 0.6) is 5.75 Å². The highest BCUT2D eigenvalue weighted by Crippen LogP contribution is 2.21. The van der Waals surface area contributed by atoms with Crippen molar-refractivity contribution in [2.45, 2.75) is 13.5 Å². The van der Waals surface area contributed by atoms with E-state index in [1.54, 1.807) is 6.20 Å². The number of likely N-dealkylation sites (N-methyl/N-ethyl adjacent to an activating group) is 1. The van der Waals surface area contributed by atoms with Crippen molar-refractivity contribution in [3.8, 4) is 17.1 Å². The Bertz CT molecular complexity index is 952. The molecule has 3 heterocycles. The van der Waals surface area contributed by atoms with Gasteiger partial charge in [0, 0.05) is 50.7 Å². The van der Waals surface area contributed by atoms with E-state index in [4.69, 9.17) is 4.74 Å². The van der Waals surface area contributed by atoms with E-state index in [0.717, 1.165) is 56.4 Å². The van der Waals surface area contributed by atoms with Crippen molar-refractivity contribution in [2.24, 2.45) is 0 Å². The first-order valence-electron chi connectivity index (χ1n) is 10.0. The number of nitrogens with zero attached hydrogens (tertiary/aromatic N) is 5. The predicted molar refractivity (Wildman–Crippen MR) is 110 cm³/mol. The normalized spacial score (nSPS) is 15.6. The molecule has 1 aliphatic rings. The molecule has 1 aliphatic heterocycles. The van der Waals surface area contributed by atoms with E-state index in [-0.39, 0.29) is 5.69 Å². The average Bonchev–Trinajstić information content (AvgIpc) is 3.38. The van der Waals surface area contributed by atoms with Gasteiger partial charge >= 0.3 is 5.69 Å². The Kier molecular flexibility index (Phi) is 6.06. The maximum Gasteiger partial charge on any atom is 0.340 e. The first-order chi connectivity index (χ1) is 14.2. The molecule has 9 nitrogen and oxygen atoms in total. The molecule has 29 heavy (non-hydrogen) atoms. The maximum atomic E-state index is 11.2. The van der Waals surface area contributed by atoms with Gasteiger partial charge < -0.3 is 14.2 Å². The number of rotatable bonds is 8. The minimum Gasteiger partial charge on any atom is -0.492 e. The second-order valence-electron chi connectivity index (χ2n) is 7.15. The largest absolute Gasteiger partial charge is 0.492 e. The Balaban J connectivity index is 1.31. The highest BCUT2D eigenvalue weighted by molar-refractivity contribution is 5.57. The molecule has 1 fully saturated rings. The number of hydrogen-bond acceptors (Lipinski definition) is 6. The van der Waals surface area contributed by atoms with Crippen molar-refractivity contribution >= 4 is 0 Å². The zero-order valence-electron chi connectivity index (χ0n) is 16.7. The molecule has 0 radical (unpaired) electrons. The van der Waals surface area contributed by atoms with Crippen LogP contribution in [-0.2, 0) is 6.54 Å². The summed E-state index contributed by atoms with van der Waals surface area (Å²) in [4.78, 5) is 23.2. The number of H-pyrrole nitrogens is 2. The van der Waals surface area contributed by atoms with E-state index in [0.29, 0.717) is 19.0 Å². The van der Waals surface area contributed by atoms with Crippen LogP contribution in [0.2, 0.25) is 0 Å². The molecule has 0 amide bonds. The van der Waals surface area contributed by atoms with Crippen molar-refractivity contribution in [3.05, 3.63) is 53.0 Å². The van der Waals surface area contributed by atoms with Crippen molar-refractivity contribution in [1.29, 1.82) is 0 Å². The van der Waals surface area contributed by atoms with Crippen molar-refractivity contribution < 1.29 is 4.74 Å². The van der Waals surface area contributed by atoms with Crippen molar-refractivity contribution in [1.82, 2.24) is 34.5 Å². The number of piperazine rings is 1.